The number of aromatic nitrogens is 2. The number of hydrogen-bond donors (Lipinski definition) is 1. The largest absolute Gasteiger partial charge is 0.322 e. The summed E-state index contributed by atoms with van der Waals surface area (Å²) in [6, 6.07) is 14.3. The highest BCUT2D eigenvalue weighted by atomic mass is 16.2. The predicted octanol–water partition coefficient (Wildman–Crippen LogP) is 4.70. The molecule has 5 nitrogen and oxygen atoms in total. The molecule has 0 aliphatic rings. The van der Waals surface area contributed by atoms with Crippen molar-refractivity contribution in [1.29, 1.82) is 0 Å². The zero-order valence-corrected chi connectivity index (χ0v) is 16.7. The second-order valence-corrected chi connectivity index (χ2v) is 7.02. The van der Waals surface area contributed by atoms with Crippen LogP contribution in [-0.4, -0.2) is 21.6 Å². The monoisotopic (exact) mass is 375 g/mol. The summed E-state index contributed by atoms with van der Waals surface area (Å²) in [5, 5.41) is 7.28. The summed E-state index contributed by atoms with van der Waals surface area (Å²) in [4.78, 5) is 25.2. The van der Waals surface area contributed by atoms with Crippen molar-refractivity contribution in [1.82, 2.24) is 9.78 Å². The Morgan fingerprint density at radius 1 is 1.00 bits per heavy atom. The summed E-state index contributed by atoms with van der Waals surface area (Å²) in [6.07, 6.45) is 1.92. The normalized spacial score (nSPS) is 10.7. The molecule has 0 saturated heterocycles. The van der Waals surface area contributed by atoms with Crippen LogP contribution >= 0.6 is 0 Å². The third kappa shape index (κ3) is 4.03. The van der Waals surface area contributed by atoms with Crippen LogP contribution < -0.4 is 5.32 Å². The lowest BCUT2D eigenvalue weighted by molar-refractivity contribution is 0.0941. The first-order valence-corrected chi connectivity index (χ1v) is 9.48. The van der Waals surface area contributed by atoms with Gasteiger partial charge in [0.25, 0.3) is 11.8 Å². The van der Waals surface area contributed by atoms with Crippen molar-refractivity contribution in [3.8, 4) is 0 Å². The minimum Gasteiger partial charge on any atom is -0.322 e. The van der Waals surface area contributed by atoms with Gasteiger partial charge < -0.3 is 5.32 Å². The lowest BCUT2D eigenvalue weighted by Gasteiger charge is -2.08. The van der Waals surface area contributed by atoms with Gasteiger partial charge in [0.1, 0.15) is 0 Å². The van der Waals surface area contributed by atoms with Crippen LogP contribution in [0.5, 0.6) is 0 Å². The van der Waals surface area contributed by atoms with Gasteiger partial charge in [-0.3, -0.25) is 9.59 Å². The van der Waals surface area contributed by atoms with Crippen molar-refractivity contribution >= 4 is 17.5 Å². The molecular weight excluding hydrogens is 350 g/mol. The maximum Gasteiger partial charge on any atom is 0.278 e. The van der Waals surface area contributed by atoms with Crippen molar-refractivity contribution in [2.75, 3.05) is 5.32 Å². The summed E-state index contributed by atoms with van der Waals surface area (Å²) in [5.74, 6) is -0.343. The first kappa shape index (κ1) is 19.5. The number of aryl methyl sites for hydroxylation is 2. The summed E-state index contributed by atoms with van der Waals surface area (Å²) in [6.45, 7) is 7.93. The van der Waals surface area contributed by atoms with Crippen LogP contribution in [0.4, 0.5) is 5.69 Å². The molecular formula is C23H25N3O2. The molecule has 0 radical (unpaired) electrons. The average molecular weight is 375 g/mol. The Balaban J connectivity index is 1.76. The maximum atomic E-state index is 12.8. The summed E-state index contributed by atoms with van der Waals surface area (Å²) in [5.41, 5.74) is 5.73. The van der Waals surface area contributed by atoms with Gasteiger partial charge in [0, 0.05) is 22.5 Å². The SMILES string of the molecule is CCCc1c(C)nn(C(=O)c2ccc(NC(=O)c3cccc(C)c3)cc2)c1C. The van der Waals surface area contributed by atoms with Gasteiger partial charge in [-0.05, 0) is 69.2 Å². The van der Waals surface area contributed by atoms with Crippen molar-refractivity contribution in [3.05, 3.63) is 82.2 Å². The molecule has 0 saturated carbocycles. The Morgan fingerprint density at radius 3 is 2.36 bits per heavy atom. The topological polar surface area (TPSA) is 64.0 Å². The van der Waals surface area contributed by atoms with Crippen LogP contribution in [-0.2, 0) is 6.42 Å². The van der Waals surface area contributed by atoms with Gasteiger partial charge in [0.05, 0.1) is 5.69 Å². The fourth-order valence-corrected chi connectivity index (χ4v) is 3.29. The van der Waals surface area contributed by atoms with Gasteiger partial charge in [-0.15, -0.1) is 0 Å². The van der Waals surface area contributed by atoms with Crippen LogP contribution in [0.2, 0.25) is 0 Å². The molecule has 144 valence electrons. The molecule has 1 amide bonds. The first-order valence-electron chi connectivity index (χ1n) is 9.48. The lowest BCUT2D eigenvalue weighted by Crippen LogP contribution is -2.16. The van der Waals surface area contributed by atoms with Crippen LogP contribution in [0, 0.1) is 20.8 Å². The van der Waals surface area contributed by atoms with Crippen LogP contribution in [0.1, 0.15) is 56.6 Å². The molecule has 0 aliphatic heterocycles. The molecule has 28 heavy (non-hydrogen) atoms. The number of nitrogens with zero attached hydrogens (tertiary/aromatic N) is 2. The molecule has 0 atom stereocenters. The average Bonchev–Trinajstić information content (AvgIpc) is 2.96. The van der Waals surface area contributed by atoms with Gasteiger partial charge in [-0.25, -0.2) is 4.68 Å². The maximum absolute atomic E-state index is 12.8. The fraction of sp³-hybridized carbons (Fsp3) is 0.261. The molecule has 0 spiro atoms. The van der Waals surface area contributed by atoms with E-state index >= 15 is 0 Å². The Labute approximate surface area is 165 Å². The zero-order valence-electron chi connectivity index (χ0n) is 16.7. The summed E-state index contributed by atoms with van der Waals surface area (Å²) < 4.78 is 1.47. The van der Waals surface area contributed by atoms with Gasteiger partial charge in [0.2, 0.25) is 0 Å². The molecule has 0 bridgehead atoms. The van der Waals surface area contributed by atoms with Crippen molar-refractivity contribution < 1.29 is 9.59 Å². The number of hydrogen-bond acceptors (Lipinski definition) is 3. The number of amides is 1. The number of carbonyl (C=O) groups excluding carboxylic acids is 2. The highest BCUT2D eigenvalue weighted by Gasteiger charge is 2.17. The number of carbonyl (C=O) groups is 2. The molecule has 3 aromatic rings. The molecule has 2 aromatic carbocycles. The van der Waals surface area contributed by atoms with Gasteiger partial charge in [-0.1, -0.05) is 31.0 Å². The molecule has 3 rings (SSSR count). The zero-order chi connectivity index (χ0) is 20.3. The molecule has 5 heteroatoms. The predicted molar refractivity (Wildman–Crippen MR) is 111 cm³/mol. The van der Waals surface area contributed by atoms with Crippen LogP contribution in [0.15, 0.2) is 48.5 Å². The highest BCUT2D eigenvalue weighted by Crippen LogP contribution is 2.18. The van der Waals surface area contributed by atoms with Crippen LogP contribution in [0.25, 0.3) is 0 Å². The quantitative estimate of drug-likeness (QED) is 0.703. The third-order valence-electron chi connectivity index (χ3n) is 4.80. The number of nitrogens with one attached hydrogen (secondary N) is 1. The number of anilines is 1. The van der Waals surface area contributed by atoms with E-state index in [1.807, 2.05) is 39.0 Å². The van der Waals surface area contributed by atoms with Crippen LogP contribution in [0.3, 0.4) is 0 Å². The summed E-state index contributed by atoms with van der Waals surface area (Å²) >= 11 is 0. The smallest absolute Gasteiger partial charge is 0.278 e. The second kappa shape index (κ2) is 8.21. The van der Waals surface area contributed by atoms with E-state index in [0.717, 1.165) is 35.4 Å². The molecule has 0 unspecified atom stereocenters. The third-order valence-corrected chi connectivity index (χ3v) is 4.80. The van der Waals surface area contributed by atoms with E-state index in [0.29, 0.717) is 16.8 Å². The molecule has 0 aliphatic carbocycles. The Morgan fingerprint density at radius 2 is 1.71 bits per heavy atom. The van der Waals surface area contributed by atoms with E-state index < -0.39 is 0 Å². The van der Waals surface area contributed by atoms with Crippen molar-refractivity contribution in [2.24, 2.45) is 0 Å². The lowest BCUT2D eigenvalue weighted by atomic mass is 10.1. The number of benzene rings is 2. The van der Waals surface area contributed by atoms with E-state index in [-0.39, 0.29) is 11.8 Å². The van der Waals surface area contributed by atoms with Crippen molar-refractivity contribution in [3.63, 3.8) is 0 Å². The first-order chi connectivity index (χ1) is 13.4. The van der Waals surface area contributed by atoms with E-state index in [9.17, 15) is 9.59 Å². The van der Waals surface area contributed by atoms with E-state index in [1.54, 1.807) is 30.3 Å². The van der Waals surface area contributed by atoms with Crippen molar-refractivity contribution in [2.45, 2.75) is 40.5 Å². The number of rotatable bonds is 5. The molecule has 1 heterocycles. The highest BCUT2D eigenvalue weighted by molar-refractivity contribution is 6.04. The standard InChI is InChI=1S/C23H25N3O2/c1-5-7-21-16(3)25-26(17(21)4)23(28)18-10-12-20(13-11-18)24-22(27)19-9-6-8-15(2)14-19/h6,8-14H,5,7H2,1-4H3,(H,24,27). The Bertz CT molecular complexity index is 1020. The van der Waals surface area contributed by atoms with E-state index in [4.69, 9.17) is 0 Å². The Kier molecular flexibility index (Phi) is 5.73. The molecule has 1 aromatic heterocycles. The summed E-state index contributed by atoms with van der Waals surface area (Å²) in [7, 11) is 0. The minimum atomic E-state index is -0.175. The van der Waals surface area contributed by atoms with Gasteiger partial charge in [0.15, 0.2) is 0 Å². The van der Waals surface area contributed by atoms with Gasteiger partial charge >= 0.3 is 0 Å². The van der Waals surface area contributed by atoms with E-state index in [2.05, 4.69) is 17.3 Å². The second-order valence-electron chi connectivity index (χ2n) is 7.02. The Hall–Kier alpha value is -3.21. The minimum absolute atomic E-state index is 0.167. The van der Waals surface area contributed by atoms with Gasteiger partial charge in [-0.2, -0.15) is 5.10 Å². The van der Waals surface area contributed by atoms with E-state index in [1.165, 1.54) is 4.68 Å². The molecule has 0 fully saturated rings. The fourth-order valence-electron chi connectivity index (χ4n) is 3.29. The molecule has 1 N–H and O–H groups in total.